The Hall–Kier alpha value is -2.50. The maximum absolute atomic E-state index is 12.8. The van der Waals surface area contributed by atoms with Crippen molar-refractivity contribution in [1.29, 1.82) is 0 Å². The van der Waals surface area contributed by atoms with Crippen LogP contribution in [0.15, 0.2) is 41.3 Å². The summed E-state index contributed by atoms with van der Waals surface area (Å²) in [5, 5.41) is 12.8. The summed E-state index contributed by atoms with van der Waals surface area (Å²) in [4.78, 5) is 22.8. The molecule has 6 heteroatoms. The fourth-order valence-corrected chi connectivity index (χ4v) is 1.75. The zero-order chi connectivity index (χ0) is 14.0. The number of rotatable bonds is 3. The Morgan fingerprint density at radius 3 is 2.53 bits per heavy atom. The van der Waals surface area contributed by atoms with E-state index in [0.29, 0.717) is 5.56 Å². The number of aromatic nitrogens is 2. The Balaban J connectivity index is 2.47. The second-order valence-corrected chi connectivity index (χ2v) is 4.03. The van der Waals surface area contributed by atoms with E-state index >= 15 is 0 Å². The Bertz CT molecular complexity index is 664. The lowest BCUT2D eigenvalue weighted by atomic mass is 10.1. The fraction of sp³-hybridized carbons (Fsp3) is 0.154. The van der Waals surface area contributed by atoms with Gasteiger partial charge >= 0.3 is 5.97 Å². The van der Waals surface area contributed by atoms with E-state index in [1.807, 2.05) is 0 Å². The Labute approximate surface area is 107 Å². The largest absolute Gasteiger partial charge is 0.477 e. The van der Waals surface area contributed by atoms with Crippen molar-refractivity contribution in [2.45, 2.75) is 13.0 Å². The molecule has 0 spiro atoms. The molecule has 2 rings (SSSR count). The number of carboxylic acids is 1. The second kappa shape index (κ2) is 5.01. The van der Waals surface area contributed by atoms with E-state index in [1.54, 1.807) is 6.92 Å². The molecule has 1 atom stereocenters. The number of aromatic carboxylic acids is 1. The molecule has 0 fully saturated rings. The molecular weight excluding hydrogens is 251 g/mol. The van der Waals surface area contributed by atoms with Gasteiger partial charge in [0.25, 0.3) is 5.56 Å². The van der Waals surface area contributed by atoms with Gasteiger partial charge in [-0.05, 0) is 30.7 Å². The van der Waals surface area contributed by atoms with Crippen LogP contribution in [-0.4, -0.2) is 20.9 Å². The summed E-state index contributed by atoms with van der Waals surface area (Å²) in [6.45, 7) is 1.69. The lowest BCUT2D eigenvalue weighted by Gasteiger charge is -2.14. The van der Waals surface area contributed by atoms with Crippen molar-refractivity contribution in [2.24, 2.45) is 0 Å². The number of carboxylic acid groups (broad SMARTS) is 1. The van der Waals surface area contributed by atoms with Crippen LogP contribution in [0.3, 0.4) is 0 Å². The van der Waals surface area contributed by atoms with Crippen molar-refractivity contribution in [3.63, 3.8) is 0 Å². The van der Waals surface area contributed by atoms with Crippen LogP contribution in [0.1, 0.15) is 28.9 Å². The van der Waals surface area contributed by atoms with E-state index in [1.165, 1.54) is 30.5 Å². The molecule has 2 aromatic rings. The van der Waals surface area contributed by atoms with Gasteiger partial charge in [-0.2, -0.15) is 5.10 Å². The summed E-state index contributed by atoms with van der Waals surface area (Å²) in [5.41, 5.74) is -0.366. The van der Waals surface area contributed by atoms with Crippen molar-refractivity contribution >= 4 is 5.97 Å². The SMILES string of the molecule is C[C@H](c1ccc(F)cc1)n1nccc(C(=O)O)c1=O. The van der Waals surface area contributed by atoms with E-state index in [0.717, 1.165) is 10.7 Å². The standard InChI is InChI=1S/C13H11FN2O3/c1-8(9-2-4-10(14)5-3-9)16-12(17)11(13(18)19)6-7-15-16/h2-8H,1H3,(H,18,19)/t8-/m1/s1. The van der Waals surface area contributed by atoms with Crippen LogP contribution in [0.4, 0.5) is 4.39 Å². The monoisotopic (exact) mass is 262 g/mol. The molecule has 0 aliphatic carbocycles. The van der Waals surface area contributed by atoms with Crippen molar-refractivity contribution in [2.75, 3.05) is 0 Å². The van der Waals surface area contributed by atoms with Crippen LogP contribution in [0.5, 0.6) is 0 Å². The van der Waals surface area contributed by atoms with Gasteiger partial charge in [0.2, 0.25) is 0 Å². The molecule has 1 aromatic carbocycles. The minimum absolute atomic E-state index is 0.344. The molecule has 98 valence electrons. The Morgan fingerprint density at radius 1 is 1.32 bits per heavy atom. The molecular formula is C13H11FN2O3. The Morgan fingerprint density at radius 2 is 1.95 bits per heavy atom. The fourth-order valence-electron chi connectivity index (χ4n) is 1.75. The predicted molar refractivity (Wildman–Crippen MR) is 65.7 cm³/mol. The maximum atomic E-state index is 12.8. The van der Waals surface area contributed by atoms with Crippen molar-refractivity contribution in [3.05, 3.63) is 63.8 Å². The van der Waals surface area contributed by atoms with Crippen molar-refractivity contribution in [3.8, 4) is 0 Å². The molecule has 0 saturated heterocycles. The lowest BCUT2D eigenvalue weighted by Crippen LogP contribution is -2.30. The molecule has 0 aliphatic rings. The molecule has 1 N–H and O–H groups in total. The third-order valence-electron chi connectivity index (χ3n) is 2.82. The van der Waals surface area contributed by atoms with E-state index in [2.05, 4.69) is 5.10 Å². The molecule has 19 heavy (non-hydrogen) atoms. The molecule has 0 unspecified atom stereocenters. The van der Waals surface area contributed by atoms with Crippen LogP contribution in [0.25, 0.3) is 0 Å². The molecule has 0 radical (unpaired) electrons. The van der Waals surface area contributed by atoms with E-state index < -0.39 is 17.6 Å². The quantitative estimate of drug-likeness (QED) is 0.913. The van der Waals surface area contributed by atoms with Gasteiger partial charge in [0.1, 0.15) is 11.4 Å². The average molecular weight is 262 g/mol. The van der Waals surface area contributed by atoms with E-state index in [9.17, 15) is 14.0 Å². The van der Waals surface area contributed by atoms with Crippen LogP contribution < -0.4 is 5.56 Å². The van der Waals surface area contributed by atoms with Gasteiger partial charge in [-0.25, -0.2) is 13.9 Å². The lowest BCUT2D eigenvalue weighted by molar-refractivity contribution is 0.0693. The molecule has 0 aliphatic heterocycles. The normalized spacial score (nSPS) is 12.1. The minimum Gasteiger partial charge on any atom is -0.477 e. The highest BCUT2D eigenvalue weighted by atomic mass is 19.1. The van der Waals surface area contributed by atoms with Gasteiger partial charge in [0.05, 0.1) is 6.04 Å². The van der Waals surface area contributed by atoms with Gasteiger partial charge in [-0.1, -0.05) is 12.1 Å². The average Bonchev–Trinajstić information content (AvgIpc) is 2.38. The summed E-state index contributed by atoms with van der Waals surface area (Å²) in [7, 11) is 0. The number of nitrogens with zero attached hydrogens (tertiary/aromatic N) is 2. The highest BCUT2D eigenvalue weighted by Crippen LogP contribution is 2.15. The highest BCUT2D eigenvalue weighted by molar-refractivity contribution is 5.86. The van der Waals surface area contributed by atoms with Crippen molar-refractivity contribution in [1.82, 2.24) is 9.78 Å². The number of hydrogen-bond donors (Lipinski definition) is 1. The number of halogens is 1. The third-order valence-corrected chi connectivity index (χ3v) is 2.82. The van der Waals surface area contributed by atoms with Gasteiger partial charge in [-0.3, -0.25) is 4.79 Å². The summed E-state index contributed by atoms with van der Waals surface area (Å²) >= 11 is 0. The minimum atomic E-state index is -1.30. The number of benzene rings is 1. The van der Waals surface area contributed by atoms with Crippen LogP contribution >= 0.6 is 0 Å². The second-order valence-electron chi connectivity index (χ2n) is 4.03. The van der Waals surface area contributed by atoms with Crippen LogP contribution in [-0.2, 0) is 0 Å². The zero-order valence-electron chi connectivity index (χ0n) is 10.1. The zero-order valence-corrected chi connectivity index (χ0v) is 10.1. The summed E-state index contributed by atoms with van der Waals surface area (Å²) < 4.78 is 13.9. The Kier molecular flexibility index (Phi) is 3.41. The predicted octanol–water partition coefficient (Wildman–Crippen LogP) is 1.69. The molecule has 1 aromatic heterocycles. The van der Waals surface area contributed by atoms with E-state index in [4.69, 9.17) is 5.11 Å². The number of carbonyl (C=O) groups is 1. The van der Waals surface area contributed by atoms with Crippen LogP contribution in [0.2, 0.25) is 0 Å². The first-order valence-electron chi connectivity index (χ1n) is 5.57. The smallest absolute Gasteiger partial charge is 0.341 e. The van der Waals surface area contributed by atoms with Gasteiger partial charge in [0, 0.05) is 6.20 Å². The molecule has 0 bridgehead atoms. The molecule has 1 heterocycles. The highest BCUT2D eigenvalue weighted by Gasteiger charge is 2.16. The summed E-state index contributed by atoms with van der Waals surface area (Å²) in [6.07, 6.45) is 1.25. The topological polar surface area (TPSA) is 72.2 Å². The first-order valence-corrected chi connectivity index (χ1v) is 5.57. The first-order chi connectivity index (χ1) is 9.00. The third kappa shape index (κ3) is 2.52. The molecule has 0 amide bonds. The van der Waals surface area contributed by atoms with Gasteiger partial charge < -0.3 is 5.11 Å². The van der Waals surface area contributed by atoms with Gasteiger partial charge in [-0.15, -0.1) is 0 Å². The molecule has 0 saturated carbocycles. The summed E-state index contributed by atoms with van der Waals surface area (Å²) in [6, 6.07) is 6.28. The summed E-state index contributed by atoms with van der Waals surface area (Å²) in [5.74, 6) is -1.68. The van der Waals surface area contributed by atoms with E-state index in [-0.39, 0.29) is 11.4 Å². The maximum Gasteiger partial charge on any atom is 0.341 e. The molecule has 5 nitrogen and oxygen atoms in total. The van der Waals surface area contributed by atoms with Crippen molar-refractivity contribution < 1.29 is 14.3 Å². The number of hydrogen-bond acceptors (Lipinski definition) is 3. The van der Waals surface area contributed by atoms with Gasteiger partial charge in [0.15, 0.2) is 0 Å². The first kappa shape index (κ1) is 12.9. The van der Waals surface area contributed by atoms with Crippen LogP contribution in [0, 0.1) is 5.82 Å².